The quantitative estimate of drug-likeness (QED) is 0.744. The predicted octanol–water partition coefficient (Wildman–Crippen LogP) is 3.84. The maximum absolute atomic E-state index is 5.90. The van der Waals surface area contributed by atoms with Crippen molar-refractivity contribution >= 4 is 28.9 Å². The van der Waals surface area contributed by atoms with Crippen LogP contribution in [0.25, 0.3) is 0 Å². The summed E-state index contributed by atoms with van der Waals surface area (Å²) in [5.74, 6) is 0. The molecule has 13 heavy (non-hydrogen) atoms. The molecule has 1 aromatic carbocycles. The number of halogens is 2. The zero-order valence-electron chi connectivity index (χ0n) is 7.85. The lowest BCUT2D eigenvalue weighted by Gasteiger charge is -2.18. The molecule has 0 aliphatic heterocycles. The molecule has 0 aliphatic carbocycles. The zero-order valence-corrected chi connectivity index (χ0v) is 9.36. The van der Waals surface area contributed by atoms with E-state index in [9.17, 15) is 0 Å². The summed E-state index contributed by atoms with van der Waals surface area (Å²) in [5.41, 5.74) is 1.11. The summed E-state index contributed by atoms with van der Waals surface area (Å²) in [6, 6.07) is 5.69. The molecule has 0 unspecified atom stereocenters. The van der Waals surface area contributed by atoms with Crippen LogP contribution in [0.5, 0.6) is 0 Å². The van der Waals surface area contributed by atoms with E-state index in [0.29, 0.717) is 10.0 Å². The highest BCUT2D eigenvalue weighted by Gasteiger charge is 2.02. The number of hydrogen-bond acceptors (Lipinski definition) is 1. The van der Waals surface area contributed by atoms with Crippen LogP contribution in [-0.2, 0) is 0 Å². The second-order valence-electron chi connectivity index (χ2n) is 3.02. The topological polar surface area (TPSA) is 3.24 Å². The molecule has 0 spiro atoms. The predicted molar refractivity (Wildman–Crippen MR) is 60.0 cm³/mol. The summed E-state index contributed by atoms with van der Waals surface area (Å²) in [6.07, 6.45) is 1.12. The standard InChI is InChI=1S/C10H13Cl2N/c1-3-6-13(2)8-4-5-9(11)10(12)7-8/h4-5,7H,3,6H2,1-2H3. The lowest BCUT2D eigenvalue weighted by atomic mass is 10.3. The average Bonchev–Trinajstić information content (AvgIpc) is 2.10. The molecule has 0 N–H and O–H groups in total. The molecule has 3 heteroatoms. The highest BCUT2D eigenvalue weighted by molar-refractivity contribution is 6.42. The molecule has 1 rings (SSSR count). The molecule has 0 fully saturated rings. The summed E-state index contributed by atoms with van der Waals surface area (Å²) >= 11 is 11.7. The first kappa shape index (κ1) is 10.7. The fourth-order valence-corrected chi connectivity index (χ4v) is 1.48. The van der Waals surface area contributed by atoms with Crippen molar-refractivity contribution in [2.75, 3.05) is 18.5 Å². The van der Waals surface area contributed by atoms with Gasteiger partial charge in [-0.15, -0.1) is 0 Å². The van der Waals surface area contributed by atoms with Gasteiger partial charge in [-0.25, -0.2) is 0 Å². The number of benzene rings is 1. The van der Waals surface area contributed by atoms with Crippen molar-refractivity contribution in [1.29, 1.82) is 0 Å². The molecule has 72 valence electrons. The molecule has 0 aromatic heterocycles. The van der Waals surface area contributed by atoms with Crippen LogP contribution in [0.2, 0.25) is 10.0 Å². The Balaban J connectivity index is 2.84. The molecule has 0 radical (unpaired) electrons. The van der Waals surface area contributed by atoms with Crippen molar-refractivity contribution in [3.8, 4) is 0 Å². The third kappa shape index (κ3) is 2.78. The maximum atomic E-state index is 5.90. The summed E-state index contributed by atoms with van der Waals surface area (Å²) in [5, 5.41) is 1.22. The monoisotopic (exact) mass is 217 g/mol. The fraction of sp³-hybridized carbons (Fsp3) is 0.400. The summed E-state index contributed by atoms with van der Waals surface area (Å²) in [7, 11) is 2.04. The molecule has 0 saturated carbocycles. The second-order valence-corrected chi connectivity index (χ2v) is 3.83. The first-order chi connectivity index (χ1) is 6.15. The van der Waals surface area contributed by atoms with E-state index in [-0.39, 0.29) is 0 Å². The van der Waals surface area contributed by atoms with Crippen molar-refractivity contribution in [3.05, 3.63) is 28.2 Å². The number of hydrogen-bond donors (Lipinski definition) is 0. The van der Waals surface area contributed by atoms with E-state index in [2.05, 4.69) is 11.8 Å². The SMILES string of the molecule is CCCN(C)c1ccc(Cl)c(Cl)c1. The molecule has 0 bridgehead atoms. The molecule has 0 saturated heterocycles. The lowest BCUT2D eigenvalue weighted by Crippen LogP contribution is -2.17. The van der Waals surface area contributed by atoms with Crippen LogP contribution >= 0.6 is 23.2 Å². The highest BCUT2D eigenvalue weighted by Crippen LogP contribution is 2.26. The van der Waals surface area contributed by atoms with Gasteiger partial charge in [0, 0.05) is 19.3 Å². The highest BCUT2D eigenvalue weighted by atomic mass is 35.5. The average molecular weight is 218 g/mol. The van der Waals surface area contributed by atoms with E-state index in [1.807, 2.05) is 25.2 Å². The van der Waals surface area contributed by atoms with E-state index in [1.54, 1.807) is 0 Å². The van der Waals surface area contributed by atoms with Gasteiger partial charge in [-0.3, -0.25) is 0 Å². The van der Waals surface area contributed by atoms with Crippen molar-refractivity contribution in [2.24, 2.45) is 0 Å². The van der Waals surface area contributed by atoms with E-state index in [1.165, 1.54) is 0 Å². The molecule has 0 aliphatic rings. The zero-order chi connectivity index (χ0) is 9.84. The number of nitrogens with zero attached hydrogens (tertiary/aromatic N) is 1. The maximum Gasteiger partial charge on any atom is 0.0612 e. The van der Waals surface area contributed by atoms with Gasteiger partial charge in [0.25, 0.3) is 0 Å². The Bertz CT molecular complexity index is 286. The summed E-state index contributed by atoms with van der Waals surface area (Å²) in [6.45, 7) is 3.17. The third-order valence-electron chi connectivity index (χ3n) is 1.90. The van der Waals surface area contributed by atoms with Crippen LogP contribution in [0.3, 0.4) is 0 Å². The third-order valence-corrected chi connectivity index (χ3v) is 2.64. The summed E-state index contributed by atoms with van der Waals surface area (Å²) < 4.78 is 0. The van der Waals surface area contributed by atoms with Gasteiger partial charge < -0.3 is 4.90 Å². The van der Waals surface area contributed by atoms with Crippen molar-refractivity contribution < 1.29 is 0 Å². The molecule has 0 heterocycles. The van der Waals surface area contributed by atoms with E-state index < -0.39 is 0 Å². The van der Waals surface area contributed by atoms with Crippen LogP contribution in [0.15, 0.2) is 18.2 Å². The van der Waals surface area contributed by atoms with Crippen molar-refractivity contribution in [1.82, 2.24) is 0 Å². The molecule has 1 nitrogen and oxygen atoms in total. The smallest absolute Gasteiger partial charge is 0.0612 e. The Morgan fingerprint density at radius 3 is 2.46 bits per heavy atom. The number of anilines is 1. The van der Waals surface area contributed by atoms with Crippen LogP contribution < -0.4 is 4.90 Å². The molecular weight excluding hydrogens is 205 g/mol. The second kappa shape index (κ2) is 4.73. The first-order valence-corrected chi connectivity index (χ1v) is 5.07. The van der Waals surface area contributed by atoms with Crippen molar-refractivity contribution in [2.45, 2.75) is 13.3 Å². The normalized spacial score (nSPS) is 10.2. The van der Waals surface area contributed by atoms with Gasteiger partial charge in [0.05, 0.1) is 10.0 Å². The van der Waals surface area contributed by atoms with Gasteiger partial charge in [0.2, 0.25) is 0 Å². The van der Waals surface area contributed by atoms with Crippen LogP contribution in [0.4, 0.5) is 5.69 Å². The molecule has 0 amide bonds. The van der Waals surface area contributed by atoms with Gasteiger partial charge in [0.15, 0.2) is 0 Å². The minimum atomic E-state index is 0.607. The van der Waals surface area contributed by atoms with Gasteiger partial charge >= 0.3 is 0 Å². The van der Waals surface area contributed by atoms with Gasteiger partial charge in [-0.05, 0) is 24.6 Å². The Morgan fingerprint density at radius 1 is 1.23 bits per heavy atom. The largest absolute Gasteiger partial charge is 0.375 e. The number of rotatable bonds is 3. The van der Waals surface area contributed by atoms with E-state index in [0.717, 1.165) is 18.7 Å². The Kier molecular flexibility index (Phi) is 3.89. The molecule has 1 aromatic rings. The van der Waals surface area contributed by atoms with Gasteiger partial charge in [-0.2, -0.15) is 0 Å². The van der Waals surface area contributed by atoms with Crippen LogP contribution in [0, 0.1) is 0 Å². The Labute approximate surface area is 89.3 Å². The molecular formula is C10H13Cl2N. The Morgan fingerprint density at radius 2 is 1.92 bits per heavy atom. The van der Waals surface area contributed by atoms with Crippen molar-refractivity contribution in [3.63, 3.8) is 0 Å². The Hall–Kier alpha value is -0.400. The molecule has 0 atom stereocenters. The van der Waals surface area contributed by atoms with E-state index in [4.69, 9.17) is 23.2 Å². The van der Waals surface area contributed by atoms with Crippen LogP contribution in [0.1, 0.15) is 13.3 Å². The first-order valence-electron chi connectivity index (χ1n) is 4.31. The van der Waals surface area contributed by atoms with Gasteiger partial charge in [0.1, 0.15) is 0 Å². The van der Waals surface area contributed by atoms with Crippen LogP contribution in [-0.4, -0.2) is 13.6 Å². The fourth-order valence-electron chi connectivity index (χ4n) is 1.19. The minimum absolute atomic E-state index is 0.607. The van der Waals surface area contributed by atoms with Gasteiger partial charge in [-0.1, -0.05) is 30.1 Å². The minimum Gasteiger partial charge on any atom is -0.375 e. The lowest BCUT2D eigenvalue weighted by molar-refractivity contribution is 0.852. The summed E-state index contributed by atoms with van der Waals surface area (Å²) in [4.78, 5) is 2.15. The van der Waals surface area contributed by atoms with E-state index >= 15 is 0 Å².